The summed E-state index contributed by atoms with van der Waals surface area (Å²) in [5, 5.41) is 6.60. The molecule has 1 aliphatic rings. The fraction of sp³-hybridized carbons (Fsp3) is 0.667. The van der Waals surface area contributed by atoms with Crippen molar-refractivity contribution in [1.82, 2.24) is 10.6 Å². The molecule has 1 aliphatic carbocycles. The molecule has 0 heterocycles. The molecule has 1 fully saturated rings. The number of ether oxygens (including phenoxy) is 1. The van der Waals surface area contributed by atoms with Gasteiger partial charge in [-0.25, -0.2) is 12.8 Å². The largest absolute Gasteiger partial charge is 0.382 e. The van der Waals surface area contributed by atoms with E-state index in [4.69, 9.17) is 4.74 Å². The number of hydrogen-bond acceptors (Lipinski definition) is 4. The van der Waals surface area contributed by atoms with E-state index in [0.717, 1.165) is 26.2 Å². The Hall–Kier alpha value is -1.67. The Morgan fingerprint density at radius 1 is 1.24 bits per heavy atom. The molecule has 0 spiro atoms. The van der Waals surface area contributed by atoms with Crippen molar-refractivity contribution in [3.8, 4) is 0 Å². The van der Waals surface area contributed by atoms with Crippen molar-refractivity contribution < 1.29 is 17.5 Å². The van der Waals surface area contributed by atoms with E-state index in [-0.39, 0.29) is 17.0 Å². The Labute approximate surface area is 174 Å². The fourth-order valence-corrected chi connectivity index (χ4v) is 4.77. The van der Waals surface area contributed by atoms with Gasteiger partial charge in [0.15, 0.2) is 15.8 Å². The van der Waals surface area contributed by atoms with Gasteiger partial charge in [-0.3, -0.25) is 4.99 Å². The van der Waals surface area contributed by atoms with Crippen LogP contribution in [0.5, 0.6) is 0 Å². The number of nitrogens with zero attached hydrogens (tertiary/aromatic N) is 1. The van der Waals surface area contributed by atoms with Crippen LogP contribution in [0, 0.1) is 11.2 Å². The second kappa shape index (κ2) is 10.9. The molecule has 1 saturated carbocycles. The molecule has 0 unspecified atom stereocenters. The maximum atomic E-state index is 13.7. The van der Waals surface area contributed by atoms with Gasteiger partial charge in [0, 0.05) is 39.6 Å². The second-order valence-corrected chi connectivity index (χ2v) is 10.1. The van der Waals surface area contributed by atoms with Gasteiger partial charge in [0.05, 0.1) is 5.75 Å². The molecule has 164 valence electrons. The Morgan fingerprint density at radius 3 is 2.59 bits per heavy atom. The average molecular weight is 428 g/mol. The SMILES string of the molecule is CCOCCC1(CNC(=NC)NCc2cc(F)ccc2CS(C)(=O)=O)CCCC1. The highest BCUT2D eigenvalue weighted by Crippen LogP contribution is 2.40. The fourth-order valence-electron chi connectivity index (χ4n) is 3.93. The average Bonchev–Trinajstić information content (AvgIpc) is 3.12. The summed E-state index contributed by atoms with van der Waals surface area (Å²) < 4.78 is 42.6. The Morgan fingerprint density at radius 2 is 1.97 bits per heavy atom. The van der Waals surface area contributed by atoms with E-state index < -0.39 is 9.84 Å². The van der Waals surface area contributed by atoms with Gasteiger partial charge < -0.3 is 15.4 Å². The molecule has 0 aliphatic heterocycles. The number of halogens is 1. The zero-order chi connectivity index (χ0) is 21.3. The van der Waals surface area contributed by atoms with Gasteiger partial charge in [-0.05, 0) is 54.9 Å². The minimum absolute atomic E-state index is 0.114. The summed E-state index contributed by atoms with van der Waals surface area (Å²) >= 11 is 0. The summed E-state index contributed by atoms with van der Waals surface area (Å²) in [6.07, 6.45) is 7.01. The molecule has 0 bridgehead atoms. The van der Waals surface area contributed by atoms with Crippen LogP contribution in [-0.4, -0.2) is 47.4 Å². The lowest BCUT2D eigenvalue weighted by Gasteiger charge is -2.30. The predicted octanol–water partition coefficient (Wildman–Crippen LogP) is 3.02. The van der Waals surface area contributed by atoms with Gasteiger partial charge in [0.25, 0.3) is 0 Å². The van der Waals surface area contributed by atoms with Gasteiger partial charge >= 0.3 is 0 Å². The summed E-state index contributed by atoms with van der Waals surface area (Å²) in [5.74, 6) is 0.127. The summed E-state index contributed by atoms with van der Waals surface area (Å²) in [4.78, 5) is 4.27. The van der Waals surface area contributed by atoms with Gasteiger partial charge in [0.2, 0.25) is 0 Å². The van der Waals surface area contributed by atoms with Crippen LogP contribution in [0.2, 0.25) is 0 Å². The zero-order valence-electron chi connectivity index (χ0n) is 17.8. The molecule has 0 amide bonds. The monoisotopic (exact) mass is 427 g/mol. The first-order valence-corrected chi connectivity index (χ1v) is 12.3. The Kier molecular flexibility index (Phi) is 8.89. The first-order valence-electron chi connectivity index (χ1n) is 10.2. The topological polar surface area (TPSA) is 79.8 Å². The Balaban J connectivity index is 1.98. The molecule has 2 N–H and O–H groups in total. The van der Waals surface area contributed by atoms with Crippen molar-refractivity contribution in [2.75, 3.05) is 33.1 Å². The summed E-state index contributed by atoms with van der Waals surface area (Å²) in [7, 11) is -1.51. The molecular formula is C21H34FN3O3S. The van der Waals surface area contributed by atoms with Crippen LogP contribution in [0.15, 0.2) is 23.2 Å². The highest BCUT2D eigenvalue weighted by atomic mass is 32.2. The van der Waals surface area contributed by atoms with Gasteiger partial charge in [0.1, 0.15) is 5.82 Å². The maximum absolute atomic E-state index is 13.7. The van der Waals surface area contributed by atoms with E-state index in [1.807, 2.05) is 6.92 Å². The summed E-state index contributed by atoms with van der Waals surface area (Å²) in [6.45, 7) is 4.61. The molecule has 6 nitrogen and oxygen atoms in total. The molecule has 8 heteroatoms. The van der Waals surface area contributed by atoms with Crippen molar-refractivity contribution in [3.05, 3.63) is 35.1 Å². The highest BCUT2D eigenvalue weighted by molar-refractivity contribution is 7.89. The van der Waals surface area contributed by atoms with Crippen LogP contribution < -0.4 is 10.6 Å². The van der Waals surface area contributed by atoms with Crippen LogP contribution >= 0.6 is 0 Å². The van der Waals surface area contributed by atoms with E-state index in [1.54, 1.807) is 7.05 Å². The number of sulfone groups is 1. The van der Waals surface area contributed by atoms with E-state index in [2.05, 4.69) is 15.6 Å². The Bertz CT molecular complexity index is 790. The number of hydrogen-bond donors (Lipinski definition) is 2. The molecule has 2 rings (SSSR count). The van der Waals surface area contributed by atoms with Crippen LogP contribution in [0.3, 0.4) is 0 Å². The zero-order valence-corrected chi connectivity index (χ0v) is 18.6. The lowest BCUT2D eigenvalue weighted by Crippen LogP contribution is -2.43. The summed E-state index contributed by atoms with van der Waals surface area (Å²) in [6, 6.07) is 4.20. The highest BCUT2D eigenvalue weighted by Gasteiger charge is 2.33. The molecule has 1 aromatic carbocycles. The first-order chi connectivity index (χ1) is 13.8. The first kappa shape index (κ1) is 23.6. The molecule has 0 saturated heterocycles. The lowest BCUT2D eigenvalue weighted by molar-refractivity contribution is 0.105. The number of guanidine groups is 1. The normalized spacial score (nSPS) is 16.8. The molecule has 0 atom stereocenters. The minimum atomic E-state index is -3.21. The quantitative estimate of drug-likeness (QED) is 0.341. The second-order valence-electron chi connectivity index (χ2n) is 7.92. The van der Waals surface area contributed by atoms with Gasteiger partial charge in [-0.2, -0.15) is 0 Å². The van der Waals surface area contributed by atoms with Crippen molar-refractivity contribution in [2.24, 2.45) is 10.4 Å². The van der Waals surface area contributed by atoms with E-state index in [0.29, 0.717) is 23.6 Å². The number of aliphatic imine (C=N–C) groups is 1. The summed E-state index contributed by atoms with van der Waals surface area (Å²) in [5.41, 5.74) is 1.43. The van der Waals surface area contributed by atoms with Crippen molar-refractivity contribution in [3.63, 3.8) is 0 Å². The van der Waals surface area contributed by atoms with Crippen molar-refractivity contribution in [2.45, 2.75) is 51.3 Å². The van der Waals surface area contributed by atoms with Gasteiger partial charge in [-0.1, -0.05) is 18.9 Å². The van der Waals surface area contributed by atoms with Crippen LogP contribution in [0.1, 0.15) is 50.2 Å². The van der Waals surface area contributed by atoms with E-state index in [9.17, 15) is 12.8 Å². The molecule has 29 heavy (non-hydrogen) atoms. The molecule has 1 aromatic rings. The third kappa shape index (κ3) is 7.93. The third-order valence-electron chi connectivity index (χ3n) is 5.53. The molecule has 0 radical (unpaired) electrons. The predicted molar refractivity (Wildman–Crippen MR) is 115 cm³/mol. The molecule has 0 aromatic heterocycles. The van der Waals surface area contributed by atoms with E-state index in [1.165, 1.54) is 50.1 Å². The van der Waals surface area contributed by atoms with Gasteiger partial charge in [-0.15, -0.1) is 0 Å². The van der Waals surface area contributed by atoms with E-state index >= 15 is 0 Å². The van der Waals surface area contributed by atoms with Crippen molar-refractivity contribution in [1.29, 1.82) is 0 Å². The van der Waals surface area contributed by atoms with Crippen LogP contribution in [0.4, 0.5) is 4.39 Å². The van der Waals surface area contributed by atoms with Crippen LogP contribution in [0.25, 0.3) is 0 Å². The third-order valence-corrected chi connectivity index (χ3v) is 6.37. The minimum Gasteiger partial charge on any atom is -0.382 e. The number of benzene rings is 1. The number of rotatable bonds is 10. The van der Waals surface area contributed by atoms with Crippen LogP contribution in [-0.2, 0) is 26.9 Å². The maximum Gasteiger partial charge on any atom is 0.191 e. The molecular weight excluding hydrogens is 393 g/mol. The standard InChI is InChI=1S/C21H34FN3O3S/c1-4-28-12-11-21(9-5-6-10-21)16-25-20(23-2)24-14-18-13-19(22)8-7-17(18)15-29(3,26)27/h7-8,13H,4-6,9-12,14-16H2,1-3H3,(H2,23,24,25). The van der Waals surface area contributed by atoms with Crippen molar-refractivity contribution >= 4 is 15.8 Å². The number of nitrogens with one attached hydrogen (secondary N) is 2. The smallest absolute Gasteiger partial charge is 0.191 e. The lowest BCUT2D eigenvalue weighted by atomic mass is 9.83.